The van der Waals surface area contributed by atoms with Crippen LogP contribution in [0.4, 0.5) is 5.69 Å². The van der Waals surface area contributed by atoms with Crippen molar-refractivity contribution >= 4 is 23.4 Å². The zero-order chi connectivity index (χ0) is 20.2. The van der Waals surface area contributed by atoms with Gasteiger partial charge in [-0.2, -0.15) is 5.10 Å². The summed E-state index contributed by atoms with van der Waals surface area (Å²) in [5, 5.41) is 16.2. The molecule has 0 spiro atoms. The van der Waals surface area contributed by atoms with Gasteiger partial charge in [-0.3, -0.25) is 9.48 Å². The number of aromatic nitrogens is 5. The van der Waals surface area contributed by atoms with Crippen LogP contribution >= 0.6 is 11.8 Å². The van der Waals surface area contributed by atoms with E-state index in [4.69, 9.17) is 9.47 Å². The van der Waals surface area contributed by atoms with Crippen LogP contribution in [0.1, 0.15) is 13.3 Å². The first-order valence-electron chi connectivity index (χ1n) is 9.38. The van der Waals surface area contributed by atoms with Crippen molar-refractivity contribution in [3.63, 3.8) is 0 Å². The maximum atomic E-state index is 12.4. The summed E-state index contributed by atoms with van der Waals surface area (Å²) < 4.78 is 15.0. The lowest BCUT2D eigenvalue weighted by molar-refractivity contribution is -0.113. The molecule has 2 aromatic heterocycles. The number of carbonyl (C=O) groups is 1. The zero-order valence-corrected chi connectivity index (χ0v) is 17.1. The molecule has 3 aromatic rings. The van der Waals surface area contributed by atoms with Crippen LogP contribution in [0.5, 0.6) is 11.5 Å². The minimum atomic E-state index is -0.132. The molecular formula is C19H22N6O3S. The number of ether oxygens (including phenoxy) is 2. The third-order valence-electron chi connectivity index (χ3n) is 4.41. The van der Waals surface area contributed by atoms with E-state index in [2.05, 4.69) is 20.6 Å². The molecule has 0 saturated carbocycles. The molecule has 0 saturated heterocycles. The summed E-state index contributed by atoms with van der Waals surface area (Å²) in [6, 6.07) is 5.41. The number of nitrogens with zero attached hydrogens (tertiary/aromatic N) is 5. The molecule has 0 fully saturated rings. The molecule has 29 heavy (non-hydrogen) atoms. The van der Waals surface area contributed by atoms with E-state index < -0.39 is 0 Å². The number of anilines is 1. The smallest absolute Gasteiger partial charge is 0.234 e. The molecular weight excluding hydrogens is 392 g/mol. The minimum absolute atomic E-state index is 0.132. The number of aryl methyl sites for hydroxylation is 1. The number of fused-ring (bicyclic) bond motifs is 1. The number of thioether (sulfide) groups is 1. The van der Waals surface area contributed by atoms with E-state index in [-0.39, 0.29) is 11.7 Å². The van der Waals surface area contributed by atoms with Gasteiger partial charge in [-0.1, -0.05) is 11.8 Å². The Morgan fingerprint density at radius 3 is 2.86 bits per heavy atom. The normalized spacial score (nSPS) is 13.2. The van der Waals surface area contributed by atoms with Crippen molar-refractivity contribution in [3.05, 3.63) is 30.6 Å². The average molecular weight is 414 g/mol. The third kappa shape index (κ3) is 4.37. The second-order valence-corrected chi connectivity index (χ2v) is 7.44. The first kappa shape index (κ1) is 19.3. The van der Waals surface area contributed by atoms with Gasteiger partial charge in [0.2, 0.25) is 5.91 Å². The summed E-state index contributed by atoms with van der Waals surface area (Å²) in [4.78, 5) is 12.4. The highest BCUT2D eigenvalue weighted by Gasteiger charge is 2.15. The van der Waals surface area contributed by atoms with Crippen molar-refractivity contribution in [1.29, 1.82) is 0 Å². The van der Waals surface area contributed by atoms with Crippen LogP contribution in [0, 0.1) is 0 Å². The SMILES string of the molecule is CCn1cc(-c2nnc(SCC(=O)Nc3ccc4c(c3)OCCCO4)n2C)cn1. The Morgan fingerprint density at radius 1 is 1.24 bits per heavy atom. The second-order valence-electron chi connectivity index (χ2n) is 6.50. The van der Waals surface area contributed by atoms with Gasteiger partial charge in [0.05, 0.1) is 30.7 Å². The fourth-order valence-electron chi connectivity index (χ4n) is 2.91. The highest BCUT2D eigenvalue weighted by molar-refractivity contribution is 7.99. The summed E-state index contributed by atoms with van der Waals surface area (Å²) in [7, 11) is 1.88. The molecule has 10 heteroatoms. The molecule has 1 N–H and O–H groups in total. The highest BCUT2D eigenvalue weighted by atomic mass is 32.2. The summed E-state index contributed by atoms with van der Waals surface area (Å²) in [5.74, 6) is 2.16. The lowest BCUT2D eigenvalue weighted by atomic mass is 10.2. The van der Waals surface area contributed by atoms with E-state index in [0.717, 1.165) is 24.4 Å². The number of amides is 1. The van der Waals surface area contributed by atoms with E-state index in [1.165, 1.54) is 11.8 Å². The number of benzene rings is 1. The van der Waals surface area contributed by atoms with Crippen LogP contribution < -0.4 is 14.8 Å². The van der Waals surface area contributed by atoms with E-state index in [0.29, 0.717) is 35.6 Å². The highest BCUT2D eigenvalue weighted by Crippen LogP contribution is 2.32. The van der Waals surface area contributed by atoms with Crippen LogP contribution in [-0.2, 0) is 18.4 Å². The molecule has 1 amide bonds. The Labute approximate surface area is 172 Å². The number of nitrogens with one attached hydrogen (secondary N) is 1. The van der Waals surface area contributed by atoms with E-state index in [1.807, 2.05) is 41.5 Å². The fraction of sp³-hybridized carbons (Fsp3) is 0.368. The van der Waals surface area contributed by atoms with Crippen LogP contribution in [0.2, 0.25) is 0 Å². The standard InChI is InChI=1S/C19H22N6O3S/c1-3-25-11-13(10-20-25)18-22-23-19(24(18)2)29-12-17(26)21-14-5-6-15-16(9-14)28-8-4-7-27-15/h5-6,9-11H,3-4,7-8,12H2,1-2H3,(H,21,26). The quantitative estimate of drug-likeness (QED) is 0.619. The number of hydrogen-bond acceptors (Lipinski definition) is 7. The molecule has 9 nitrogen and oxygen atoms in total. The molecule has 1 aliphatic heterocycles. The molecule has 0 aliphatic carbocycles. The summed E-state index contributed by atoms with van der Waals surface area (Å²) in [6.07, 6.45) is 4.53. The number of carbonyl (C=O) groups excluding carboxylic acids is 1. The van der Waals surface area contributed by atoms with E-state index >= 15 is 0 Å². The molecule has 1 aliphatic rings. The van der Waals surface area contributed by atoms with Crippen LogP contribution in [0.3, 0.4) is 0 Å². The van der Waals surface area contributed by atoms with Gasteiger partial charge in [0.1, 0.15) is 0 Å². The van der Waals surface area contributed by atoms with Gasteiger partial charge < -0.3 is 19.4 Å². The predicted molar refractivity (Wildman–Crippen MR) is 109 cm³/mol. The minimum Gasteiger partial charge on any atom is -0.490 e. The van der Waals surface area contributed by atoms with E-state index in [9.17, 15) is 4.79 Å². The summed E-state index contributed by atoms with van der Waals surface area (Å²) in [6.45, 7) is 4.05. The fourth-order valence-corrected chi connectivity index (χ4v) is 3.62. The molecule has 0 radical (unpaired) electrons. The lowest BCUT2D eigenvalue weighted by Crippen LogP contribution is -2.14. The van der Waals surface area contributed by atoms with Crippen LogP contribution in [0.15, 0.2) is 35.7 Å². The first-order valence-corrected chi connectivity index (χ1v) is 10.4. The Hall–Kier alpha value is -3.01. The summed E-state index contributed by atoms with van der Waals surface area (Å²) in [5.41, 5.74) is 1.57. The van der Waals surface area contributed by atoms with Crippen LogP contribution in [-0.4, -0.2) is 49.4 Å². The van der Waals surface area contributed by atoms with Gasteiger partial charge in [-0.25, -0.2) is 0 Å². The average Bonchev–Trinajstić information content (AvgIpc) is 3.26. The Kier molecular flexibility index (Phi) is 5.70. The van der Waals surface area contributed by atoms with Crippen molar-refractivity contribution < 1.29 is 14.3 Å². The molecule has 3 heterocycles. The predicted octanol–water partition coefficient (Wildman–Crippen LogP) is 2.59. The van der Waals surface area contributed by atoms with Gasteiger partial charge in [-0.15, -0.1) is 10.2 Å². The molecule has 152 valence electrons. The molecule has 4 rings (SSSR count). The van der Waals surface area contributed by atoms with Crippen molar-refractivity contribution in [2.75, 3.05) is 24.3 Å². The zero-order valence-electron chi connectivity index (χ0n) is 16.3. The number of rotatable bonds is 6. The van der Waals surface area contributed by atoms with E-state index in [1.54, 1.807) is 12.3 Å². The monoisotopic (exact) mass is 414 g/mol. The van der Waals surface area contributed by atoms with Gasteiger partial charge in [-0.05, 0) is 19.1 Å². The molecule has 0 atom stereocenters. The second kappa shape index (κ2) is 8.56. The van der Waals surface area contributed by atoms with Crippen LogP contribution in [0.25, 0.3) is 11.4 Å². The summed E-state index contributed by atoms with van der Waals surface area (Å²) >= 11 is 1.33. The van der Waals surface area contributed by atoms with Crippen molar-refractivity contribution in [2.45, 2.75) is 25.0 Å². The van der Waals surface area contributed by atoms with Gasteiger partial charge in [0.15, 0.2) is 22.5 Å². The molecule has 1 aromatic carbocycles. The maximum absolute atomic E-state index is 12.4. The Morgan fingerprint density at radius 2 is 2.07 bits per heavy atom. The van der Waals surface area contributed by atoms with Crippen molar-refractivity contribution in [1.82, 2.24) is 24.5 Å². The lowest BCUT2D eigenvalue weighted by Gasteiger charge is -2.10. The molecule has 0 bridgehead atoms. The van der Waals surface area contributed by atoms with Gasteiger partial charge >= 0.3 is 0 Å². The maximum Gasteiger partial charge on any atom is 0.234 e. The third-order valence-corrected chi connectivity index (χ3v) is 5.43. The van der Waals surface area contributed by atoms with Crippen molar-refractivity contribution in [2.24, 2.45) is 7.05 Å². The van der Waals surface area contributed by atoms with Gasteiger partial charge in [0.25, 0.3) is 0 Å². The molecule has 0 unspecified atom stereocenters. The Balaban J connectivity index is 1.37. The first-order chi connectivity index (χ1) is 14.1. The van der Waals surface area contributed by atoms with Gasteiger partial charge in [0, 0.05) is 38.0 Å². The largest absolute Gasteiger partial charge is 0.490 e. The van der Waals surface area contributed by atoms with Crippen molar-refractivity contribution in [3.8, 4) is 22.9 Å². The Bertz CT molecular complexity index is 1020. The topological polar surface area (TPSA) is 96.1 Å². The number of hydrogen-bond donors (Lipinski definition) is 1.